The average molecular weight is 284 g/mol. The topological polar surface area (TPSA) is 26.0 Å². The van der Waals surface area contributed by atoms with Crippen LogP contribution in [-0.2, 0) is 12.0 Å². The first-order chi connectivity index (χ1) is 8.38. The molecule has 0 saturated carbocycles. The molecule has 2 N–H and O–H groups in total. The zero-order chi connectivity index (χ0) is 13.3. The van der Waals surface area contributed by atoms with Crippen molar-refractivity contribution < 1.29 is 4.39 Å². The molecule has 0 amide bonds. The first kappa shape index (κ1) is 13.5. The van der Waals surface area contributed by atoms with Gasteiger partial charge in [0.15, 0.2) is 0 Å². The molecule has 2 rings (SSSR count). The minimum atomic E-state index is -0.595. The normalized spacial score (nSPS) is 14.5. The molecule has 2 aromatic rings. The van der Waals surface area contributed by atoms with Gasteiger partial charge in [0.2, 0.25) is 0 Å². The van der Waals surface area contributed by atoms with Crippen LogP contribution in [0.2, 0.25) is 4.34 Å². The third-order valence-corrected chi connectivity index (χ3v) is 4.23. The van der Waals surface area contributed by atoms with Gasteiger partial charge in [0, 0.05) is 16.8 Å². The molecule has 4 heteroatoms. The van der Waals surface area contributed by atoms with E-state index in [1.165, 1.54) is 17.4 Å². The Kier molecular flexibility index (Phi) is 3.76. The summed E-state index contributed by atoms with van der Waals surface area (Å²) < 4.78 is 14.3. The molecule has 0 spiro atoms. The summed E-state index contributed by atoms with van der Waals surface area (Å²) in [7, 11) is 0. The second-order valence-electron chi connectivity index (χ2n) is 4.76. The van der Waals surface area contributed by atoms with E-state index in [9.17, 15) is 4.39 Å². The summed E-state index contributed by atoms with van der Waals surface area (Å²) in [5, 5.41) is 0. The monoisotopic (exact) mass is 283 g/mol. The minimum Gasteiger partial charge on any atom is -0.321 e. The maximum Gasteiger partial charge on any atom is 0.126 e. The van der Waals surface area contributed by atoms with Crippen LogP contribution in [0.3, 0.4) is 0 Å². The van der Waals surface area contributed by atoms with Gasteiger partial charge in [-0.2, -0.15) is 0 Å². The van der Waals surface area contributed by atoms with Gasteiger partial charge in [0.25, 0.3) is 0 Å². The SMILES string of the molecule is Cc1ccc(C(C)(N)Cc2ccc(Cl)s2)cc1F. The fourth-order valence-corrected chi connectivity index (χ4v) is 3.11. The molecule has 1 atom stereocenters. The van der Waals surface area contributed by atoms with Crippen molar-refractivity contribution in [1.82, 2.24) is 0 Å². The number of rotatable bonds is 3. The van der Waals surface area contributed by atoms with Gasteiger partial charge in [-0.15, -0.1) is 11.3 Å². The molecule has 1 aromatic heterocycles. The lowest BCUT2D eigenvalue weighted by molar-refractivity contribution is 0.489. The second-order valence-corrected chi connectivity index (χ2v) is 6.56. The molecule has 0 saturated heterocycles. The Morgan fingerprint density at radius 1 is 1.33 bits per heavy atom. The van der Waals surface area contributed by atoms with Crippen LogP contribution in [0.15, 0.2) is 30.3 Å². The van der Waals surface area contributed by atoms with E-state index in [4.69, 9.17) is 17.3 Å². The zero-order valence-electron chi connectivity index (χ0n) is 10.3. The van der Waals surface area contributed by atoms with E-state index >= 15 is 0 Å². The highest BCUT2D eigenvalue weighted by atomic mass is 35.5. The van der Waals surface area contributed by atoms with Crippen molar-refractivity contribution in [3.05, 3.63) is 56.5 Å². The molecule has 0 aliphatic rings. The van der Waals surface area contributed by atoms with E-state index in [1.54, 1.807) is 13.0 Å². The molecule has 1 heterocycles. The Labute approximate surface area is 115 Å². The van der Waals surface area contributed by atoms with Gasteiger partial charge in [-0.1, -0.05) is 23.7 Å². The second kappa shape index (κ2) is 5.00. The van der Waals surface area contributed by atoms with E-state index in [-0.39, 0.29) is 5.82 Å². The Morgan fingerprint density at radius 2 is 2.06 bits per heavy atom. The molecular weight excluding hydrogens is 269 g/mol. The van der Waals surface area contributed by atoms with E-state index in [1.807, 2.05) is 25.1 Å². The number of hydrogen-bond donors (Lipinski definition) is 1. The molecule has 0 fully saturated rings. The summed E-state index contributed by atoms with van der Waals surface area (Å²) in [5.74, 6) is -0.214. The first-order valence-corrected chi connectivity index (χ1v) is 6.88. The number of nitrogens with two attached hydrogens (primary N) is 1. The van der Waals surface area contributed by atoms with Crippen LogP contribution in [0.1, 0.15) is 22.9 Å². The van der Waals surface area contributed by atoms with Crippen LogP contribution in [-0.4, -0.2) is 0 Å². The maximum absolute atomic E-state index is 13.6. The third-order valence-electron chi connectivity index (χ3n) is 3.00. The molecule has 1 nitrogen and oxygen atoms in total. The fourth-order valence-electron chi connectivity index (χ4n) is 1.86. The third kappa shape index (κ3) is 2.91. The van der Waals surface area contributed by atoms with Gasteiger partial charge in [-0.3, -0.25) is 0 Å². The molecule has 0 radical (unpaired) electrons. The lowest BCUT2D eigenvalue weighted by atomic mass is 9.88. The Balaban J connectivity index is 2.26. The number of thiophene rings is 1. The predicted octanol–water partition coefficient (Wildman–Crippen LogP) is 4.27. The summed E-state index contributed by atoms with van der Waals surface area (Å²) in [6.45, 7) is 3.65. The van der Waals surface area contributed by atoms with Crippen molar-refractivity contribution >= 4 is 22.9 Å². The maximum atomic E-state index is 13.6. The van der Waals surface area contributed by atoms with Crippen molar-refractivity contribution in [3.63, 3.8) is 0 Å². The van der Waals surface area contributed by atoms with Crippen molar-refractivity contribution in [2.24, 2.45) is 5.73 Å². The van der Waals surface area contributed by atoms with Gasteiger partial charge in [0.1, 0.15) is 5.82 Å². The quantitative estimate of drug-likeness (QED) is 0.895. The summed E-state index contributed by atoms with van der Waals surface area (Å²) in [5.41, 5.74) is 7.13. The minimum absolute atomic E-state index is 0.214. The Morgan fingerprint density at radius 3 is 2.61 bits per heavy atom. The molecule has 0 aliphatic heterocycles. The largest absolute Gasteiger partial charge is 0.321 e. The van der Waals surface area contributed by atoms with E-state index in [0.29, 0.717) is 12.0 Å². The van der Waals surface area contributed by atoms with Crippen LogP contribution in [0.5, 0.6) is 0 Å². The fraction of sp³-hybridized carbons (Fsp3) is 0.286. The Bertz CT molecular complexity index is 563. The molecule has 1 aromatic carbocycles. The van der Waals surface area contributed by atoms with Crippen LogP contribution in [0.4, 0.5) is 4.39 Å². The van der Waals surface area contributed by atoms with Gasteiger partial charge in [-0.25, -0.2) is 4.39 Å². The molecule has 96 valence electrons. The van der Waals surface area contributed by atoms with Crippen molar-refractivity contribution in [1.29, 1.82) is 0 Å². The number of benzene rings is 1. The van der Waals surface area contributed by atoms with E-state index < -0.39 is 5.54 Å². The van der Waals surface area contributed by atoms with Crippen LogP contribution >= 0.6 is 22.9 Å². The highest BCUT2D eigenvalue weighted by Crippen LogP contribution is 2.29. The molecule has 0 bridgehead atoms. The average Bonchev–Trinajstić information content (AvgIpc) is 2.67. The smallest absolute Gasteiger partial charge is 0.126 e. The lowest BCUT2D eigenvalue weighted by Gasteiger charge is -2.25. The molecular formula is C14H15ClFNS. The highest BCUT2D eigenvalue weighted by molar-refractivity contribution is 7.16. The zero-order valence-corrected chi connectivity index (χ0v) is 11.9. The number of hydrogen-bond acceptors (Lipinski definition) is 2. The first-order valence-electron chi connectivity index (χ1n) is 5.68. The van der Waals surface area contributed by atoms with Crippen LogP contribution in [0.25, 0.3) is 0 Å². The van der Waals surface area contributed by atoms with Crippen molar-refractivity contribution in [2.45, 2.75) is 25.8 Å². The van der Waals surface area contributed by atoms with Crippen LogP contribution < -0.4 is 5.73 Å². The molecule has 18 heavy (non-hydrogen) atoms. The van der Waals surface area contributed by atoms with Crippen LogP contribution in [0, 0.1) is 12.7 Å². The lowest BCUT2D eigenvalue weighted by Crippen LogP contribution is -2.35. The van der Waals surface area contributed by atoms with Gasteiger partial charge in [0.05, 0.1) is 4.34 Å². The van der Waals surface area contributed by atoms with Crippen molar-refractivity contribution in [2.75, 3.05) is 0 Å². The summed E-state index contributed by atoms with van der Waals surface area (Å²) in [6.07, 6.45) is 0.646. The highest BCUT2D eigenvalue weighted by Gasteiger charge is 2.23. The Hall–Kier alpha value is -0.900. The molecule has 1 unspecified atom stereocenters. The van der Waals surface area contributed by atoms with Crippen molar-refractivity contribution in [3.8, 4) is 0 Å². The standard InChI is InChI=1S/C14H15ClFNS/c1-9-3-4-10(7-12(9)16)14(2,17)8-11-5-6-13(15)18-11/h3-7H,8,17H2,1-2H3. The van der Waals surface area contributed by atoms with Gasteiger partial charge < -0.3 is 5.73 Å². The van der Waals surface area contributed by atoms with E-state index in [2.05, 4.69) is 0 Å². The summed E-state index contributed by atoms with van der Waals surface area (Å²) >= 11 is 7.41. The van der Waals surface area contributed by atoms with Gasteiger partial charge >= 0.3 is 0 Å². The number of aryl methyl sites for hydroxylation is 1. The summed E-state index contributed by atoms with van der Waals surface area (Å²) in [6, 6.07) is 8.98. The number of halogens is 2. The summed E-state index contributed by atoms with van der Waals surface area (Å²) in [4.78, 5) is 1.10. The van der Waals surface area contributed by atoms with Gasteiger partial charge in [-0.05, 0) is 43.2 Å². The molecule has 0 aliphatic carbocycles. The van der Waals surface area contributed by atoms with E-state index in [0.717, 1.165) is 14.8 Å². The predicted molar refractivity (Wildman–Crippen MR) is 75.7 cm³/mol.